The van der Waals surface area contributed by atoms with Crippen LogP contribution in [0.1, 0.15) is 0 Å². The molecule has 1 heterocycles. The Morgan fingerprint density at radius 2 is 2.18 bits per heavy atom. The van der Waals surface area contributed by atoms with Crippen molar-refractivity contribution < 1.29 is 8.42 Å². The van der Waals surface area contributed by atoms with Gasteiger partial charge in [-0.15, -0.1) is 5.10 Å². The molecule has 8 nitrogen and oxygen atoms in total. The van der Waals surface area contributed by atoms with Crippen molar-refractivity contribution in [3.05, 3.63) is 29.5 Å². The van der Waals surface area contributed by atoms with E-state index in [4.69, 9.17) is 16.7 Å². The van der Waals surface area contributed by atoms with Gasteiger partial charge in [0.15, 0.2) is 0 Å². The van der Waals surface area contributed by atoms with Crippen molar-refractivity contribution in [2.24, 2.45) is 5.14 Å². The summed E-state index contributed by atoms with van der Waals surface area (Å²) in [6.45, 7) is 0. The van der Waals surface area contributed by atoms with Gasteiger partial charge in [0.1, 0.15) is 6.33 Å². The van der Waals surface area contributed by atoms with Crippen molar-refractivity contribution in [1.82, 2.24) is 20.2 Å². The van der Waals surface area contributed by atoms with E-state index in [0.29, 0.717) is 5.69 Å². The van der Waals surface area contributed by atoms with Crippen molar-refractivity contribution in [3.63, 3.8) is 0 Å². The van der Waals surface area contributed by atoms with E-state index in [-0.39, 0.29) is 10.7 Å². The molecule has 1 aromatic heterocycles. The molecule has 0 saturated carbocycles. The van der Waals surface area contributed by atoms with Crippen LogP contribution in [-0.4, -0.2) is 28.6 Å². The quantitative estimate of drug-likeness (QED) is 0.813. The zero-order valence-electron chi connectivity index (χ0n) is 8.28. The van der Waals surface area contributed by atoms with Gasteiger partial charge in [0.2, 0.25) is 0 Å². The van der Waals surface area contributed by atoms with Crippen molar-refractivity contribution in [2.45, 2.75) is 0 Å². The molecule has 0 amide bonds. The van der Waals surface area contributed by atoms with E-state index in [1.165, 1.54) is 23.1 Å². The van der Waals surface area contributed by atoms with Crippen LogP contribution < -0.4 is 9.86 Å². The fraction of sp³-hybridized carbons (Fsp3) is 0. The van der Waals surface area contributed by atoms with Crippen LogP contribution in [0.5, 0.6) is 0 Å². The third-order valence-electron chi connectivity index (χ3n) is 1.82. The van der Waals surface area contributed by atoms with Crippen LogP contribution in [-0.2, 0) is 10.2 Å². The Balaban J connectivity index is 2.43. The number of nitrogens with zero attached hydrogens (tertiary/aromatic N) is 4. The smallest absolute Gasteiger partial charge is 0.270 e. The summed E-state index contributed by atoms with van der Waals surface area (Å²) in [6.07, 6.45) is 1.37. The van der Waals surface area contributed by atoms with Gasteiger partial charge in [-0.05, 0) is 28.6 Å². The molecule has 0 unspecified atom stereocenters. The number of rotatable bonds is 3. The second kappa shape index (κ2) is 4.28. The van der Waals surface area contributed by atoms with E-state index < -0.39 is 10.2 Å². The minimum Gasteiger partial charge on any atom is -0.270 e. The predicted octanol–water partition coefficient (Wildman–Crippen LogP) is -0.0689. The highest BCUT2D eigenvalue weighted by atomic mass is 35.5. The van der Waals surface area contributed by atoms with E-state index in [1.54, 1.807) is 6.07 Å². The molecule has 0 atom stereocenters. The number of halogens is 1. The minimum atomic E-state index is -3.88. The highest BCUT2D eigenvalue weighted by molar-refractivity contribution is 7.90. The molecule has 10 heteroatoms. The van der Waals surface area contributed by atoms with Crippen LogP contribution >= 0.6 is 11.6 Å². The standard InChI is InChI=1S/C7H7ClN6O2S/c8-6-2-1-5(14-4-10-12-13-14)3-7(6)11-17(9,15)16/h1-4,11H,(H2,9,15,16). The van der Waals surface area contributed by atoms with Crippen LogP contribution in [0.2, 0.25) is 5.02 Å². The fourth-order valence-electron chi connectivity index (χ4n) is 1.17. The van der Waals surface area contributed by atoms with E-state index in [0.717, 1.165) is 0 Å². The molecule has 2 aromatic rings. The number of aromatic nitrogens is 4. The predicted molar refractivity (Wildman–Crippen MR) is 60.9 cm³/mol. The largest absolute Gasteiger partial charge is 0.296 e. The molecular weight excluding hydrogens is 268 g/mol. The molecular formula is C7H7ClN6O2S. The highest BCUT2D eigenvalue weighted by Crippen LogP contribution is 2.24. The number of anilines is 1. The lowest BCUT2D eigenvalue weighted by molar-refractivity contribution is 0.603. The van der Waals surface area contributed by atoms with Crippen molar-refractivity contribution in [2.75, 3.05) is 4.72 Å². The number of tetrazole rings is 1. The van der Waals surface area contributed by atoms with Crippen LogP contribution in [0.25, 0.3) is 5.69 Å². The van der Waals surface area contributed by atoms with Gasteiger partial charge < -0.3 is 0 Å². The molecule has 0 bridgehead atoms. The van der Waals surface area contributed by atoms with Gasteiger partial charge in [0.25, 0.3) is 10.2 Å². The fourth-order valence-corrected chi connectivity index (χ4v) is 1.86. The second-order valence-corrected chi connectivity index (χ2v) is 4.77. The average molecular weight is 275 g/mol. The first-order valence-electron chi connectivity index (χ1n) is 4.29. The Kier molecular flexibility index (Phi) is 2.96. The molecule has 0 saturated heterocycles. The van der Waals surface area contributed by atoms with Gasteiger partial charge in [-0.2, -0.15) is 8.42 Å². The third kappa shape index (κ3) is 2.90. The number of hydrogen-bond acceptors (Lipinski definition) is 5. The lowest BCUT2D eigenvalue weighted by Gasteiger charge is -2.07. The zero-order valence-corrected chi connectivity index (χ0v) is 9.85. The summed E-state index contributed by atoms with van der Waals surface area (Å²) >= 11 is 5.82. The number of nitrogens with two attached hydrogens (primary N) is 1. The molecule has 0 aliphatic carbocycles. The zero-order chi connectivity index (χ0) is 12.5. The van der Waals surface area contributed by atoms with Crippen molar-refractivity contribution in [1.29, 1.82) is 0 Å². The summed E-state index contributed by atoms with van der Waals surface area (Å²) in [5.41, 5.74) is 0.702. The van der Waals surface area contributed by atoms with E-state index in [1.807, 2.05) is 0 Å². The summed E-state index contributed by atoms with van der Waals surface area (Å²) in [5.74, 6) is 0. The lowest BCUT2D eigenvalue weighted by Crippen LogP contribution is -2.22. The molecule has 2 rings (SSSR count). The molecule has 0 radical (unpaired) electrons. The summed E-state index contributed by atoms with van der Waals surface area (Å²) in [6, 6.07) is 4.60. The average Bonchev–Trinajstić information content (AvgIpc) is 2.72. The Hall–Kier alpha value is -1.71. The van der Waals surface area contributed by atoms with Gasteiger partial charge >= 0.3 is 0 Å². The summed E-state index contributed by atoms with van der Waals surface area (Å²) in [5, 5.41) is 15.7. The molecule has 3 N–H and O–H groups in total. The molecule has 0 fully saturated rings. The highest BCUT2D eigenvalue weighted by Gasteiger charge is 2.08. The normalized spacial score (nSPS) is 11.4. The first-order chi connectivity index (χ1) is 7.96. The maximum Gasteiger partial charge on any atom is 0.296 e. The second-order valence-electron chi connectivity index (χ2n) is 3.07. The minimum absolute atomic E-state index is 0.155. The molecule has 0 aliphatic heterocycles. The summed E-state index contributed by atoms with van der Waals surface area (Å²) in [7, 11) is -3.88. The Morgan fingerprint density at radius 3 is 2.76 bits per heavy atom. The van der Waals surface area contributed by atoms with Crippen molar-refractivity contribution in [3.8, 4) is 5.69 Å². The molecule has 1 aromatic carbocycles. The molecule has 0 spiro atoms. The monoisotopic (exact) mass is 274 g/mol. The van der Waals surface area contributed by atoms with E-state index in [9.17, 15) is 8.42 Å². The van der Waals surface area contributed by atoms with Crippen LogP contribution in [0.15, 0.2) is 24.5 Å². The molecule has 0 aliphatic rings. The van der Waals surface area contributed by atoms with Gasteiger partial charge in [0, 0.05) is 0 Å². The summed E-state index contributed by atoms with van der Waals surface area (Å²) in [4.78, 5) is 0. The van der Waals surface area contributed by atoms with Crippen LogP contribution in [0.4, 0.5) is 5.69 Å². The molecule has 17 heavy (non-hydrogen) atoms. The first-order valence-corrected chi connectivity index (χ1v) is 6.21. The van der Waals surface area contributed by atoms with Gasteiger partial charge in [-0.1, -0.05) is 11.6 Å². The topological polar surface area (TPSA) is 116 Å². The SMILES string of the molecule is NS(=O)(=O)Nc1cc(-n2cnnn2)ccc1Cl. The van der Waals surface area contributed by atoms with Crippen LogP contribution in [0.3, 0.4) is 0 Å². The lowest BCUT2D eigenvalue weighted by atomic mass is 10.3. The Labute approximate surface area is 102 Å². The number of nitrogens with one attached hydrogen (secondary N) is 1. The van der Waals surface area contributed by atoms with Crippen molar-refractivity contribution >= 4 is 27.5 Å². The van der Waals surface area contributed by atoms with Gasteiger partial charge in [-0.25, -0.2) is 9.82 Å². The van der Waals surface area contributed by atoms with E-state index >= 15 is 0 Å². The van der Waals surface area contributed by atoms with Gasteiger partial charge in [-0.3, -0.25) is 4.72 Å². The van der Waals surface area contributed by atoms with E-state index in [2.05, 4.69) is 20.2 Å². The Morgan fingerprint density at radius 1 is 1.41 bits per heavy atom. The first kappa shape index (κ1) is 11.8. The number of benzene rings is 1. The number of hydrogen-bond donors (Lipinski definition) is 2. The van der Waals surface area contributed by atoms with Gasteiger partial charge in [0.05, 0.1) is 16.4 Å². The maximum absolute atomic E-state index is 10.9. The summed E-state index contributed by atoms with van der Waals surface area (Å²) < 4.78 is 25.3. The molecule has 90 valence electrons. The third-order valence-corrected chi connectivity index (χ3v) is 2.65. The Bertz CT molecular complexity index is 626. The van der Waals surface area contributed by atoms with Crippen LogP contribution in [0, 0.1) is 0 Å². The maximum atomic E-state index is 10.9.